The molecule has 2 heterocycles. The average Bonchev–Trinajstić information content (AvgIpc) is 3.20. The molecule has 10 heteroatoms. The molecule has 2 aromatic heterocycles. The second-order valence-corrected chi connectivity index (χ2v) is 9.35. The molecule has 3 amide bonds. The first kappa shape index (κ1) is 25.3. The standard InChI is InChI=1S/C26H31N3O7/c1-13-15(9-10-21(30)29-19(24(31)32)7-5-11-28-26(27)34)25(33)36-22-14(2)23-18(12-17(13)22)16-6-3-4-8-20(16)35-23/h12,19H,3-11H2,1-2H3,(H,29,30)(H,31,32)(H3,27,28,34)/t19-/m0/s1. The predicted octanol–water partition coefficient (Wildman–Crippen LogP) is 2.99. The number of carbonyl (C=O) groups is 3. The number of urea groups is 1. The molecule has 1 atom stereocenters. The summed E-state index contributed by atoms with van der Waals surface area (Å²) in [5.74, 6) is -0.656. The van der Waals surface area contributed by atoms with Crippen molar-refractivity contribution in [3.8, 4) is 0 Å². The van der Waals surface area contributed by atoms with Crippen LogP contribution in [0.3, 0.4) is 0 Å². The van der Waals surface area contributed by atoms with E-state index in [0.717, 1.165) is 58.9 Å². The maximum Gasteiger partial charge on any atom is 0.339 e. The summed E-state index contributed by atoms with van der Waals surface area (Å²) in [6.45, 7) is 3.94. The van der Waals surface area contributed by atoms with E-state index in [1.165, 1.54) is 5.56 Å². The van der Waals surface area contributed by atoms with Crippen LogP contribution in [0.1, 0.15) is 60.1 Å². The Kier molecular flexibility index (Phi) is 7.32. The maximum absolute atomic E-state index is 12.8. The van der Waals surface area contributed by atoms with Gasteiger partial charge in [-0.15, -0.1) is 0 Å². The second kappa shape index (κ2) is 10.4. The van der Waals surface area contributed by atoms with Gasteiger partial charge in [0.25, 0.3) is 0 Å². The van der Waals surface area contributed by atoms with Crippen LogP contribution in [0.2, 0.25) is 0 Å². The minimum atomic E-state index is -1.17. The summed E-state index contributed by atoms with van der Waals surface area (Å²) in [6.07, 6.45) is 4.58. The van der Waals surface area contributed by atoms with Crippen molar-refractivity contribution in [2.75, 3.05) is 6.54 Å². The molecule has 1 aromatic carbocycles. The van der Waals surface area contributed by atoms with E-state index >= 15 is 0 Å². The highest BCUT2D eigenvalue weighted by atomic mass is 16.4. The molecule has 3 aromatic rings. The molecule has 36 heavy (non-hydrogen) atoms. The third kappa shape index (κ3) is 5.07. The number of nitrogens with two attached hydrogens (primary N) is 1. The number of amides is 3. The third-order valence-corrected chi connectivity index (χ3v) is 6.93. The van der Waals surface area contributed by atoms with Gasteiger partial charge in [0.15, 0.2) is 0 Å². The lowest BCUT2D eigenvalue weighted by atomic mass is 9.93. The van der Waals surface area contributed by atoms with Gasteiger partial charge >= 0.3 is 17.6 Å². The van der Waals surface area contributed by atoms with E-state index in [4.69, 9.17) is 14.6 Å². The van der Waals surface area contributed by atoms with Gasteiger partial charge in [0, 0.05) is 46.8 Å². The number of hydrogen-bond donors (Lipinski definition) is 4. The highest BCUT2D eigenvalue weighted by Gasteiger charge is 2.24. The second-order valence-electron chi connectivity index (χ2n) is 9.35. The van der Waals surface area contributed by atoms with Crippen LogP contribution < -0.4 is 22.0 Å². The van der Waals surface area contributed by atoms with Crippen molar-refractivity contribution in [3.63, 3.8) is 0 Å². The Balaban J connectivity index is 1.53. The van der Waals surface area contributed by atoms with Crippen LogP contribution in [0.25, 0.3) is 21.9 Å². The Morgan fingerprint density at radius 2 is 1.81 bits per heavy atom. The number of carboxylic acid groups (broad SMARTS) is 1. The van der Waals surface area contributed by atoms with E-state index in [9.17, 15) is 24.3 Å². The molecule has 0 bridgehead atoms. The molecular weight excluding hydrogens is 466 g/mol. The highest BCUT2D eigenvalue weighted by Crippen LogP contribution is 2.37. The third-order valence-electron chi connectivity index (χ3n) is 6.93. The number of aryl methyl sites for hydroxylation is 4. The largest absolute Gasteiger partial charge is 0.480 e. The Morgan fingerprint density at radius 3 is 2.53 bits per heavy atom. The van der Waals surface area contributed by atoms with Crippen LogP contribution in [0.4, 0.5) is 4.79 Å². The minimum Gasteiger partial charge on any atom is -0.480 e. The molecule has 0 spiro atoms. The van der Waals surface area contributed by atoms with Crippen molar-refractivity contribution < 1.29 is 28.3 Å². The number of fused-ring (bicyclic) bond motifs is 4. The zero-order valence-corrected chi connectivity index (χ0v) is 20.5. The molecule has 0 unspecified atom stereocenters. The van der Waals surface area contributed by atoms with Crippen LogP contribution in [-0.2, 0) is 28.9 Å². The zero-order chi connectivity index (χ0) is 26.0. The Morgan fingerprint density at radius 1 is 1.08 bits per heavy atom. The van der Waals surface area contributed by atoms with Crippen molar-refractivity contribution in [2.24, 2.45) is 5.73 Å². The molecule has 1 aliphatic rings. The average molecular weight is 498 g/mol. The Bertz CT molecular complexity index is 1400. The van der Waals surface area contributed by atoms with Crippen molar-refractivity contribution in [3.05, 3.63) is 44.5 Å². The summed E-state index contributed by atoms with van der Waals surface area (Å²) in [6, 6.07) is 0.219. The number of furan rings is 1. The molecule has 0 fully saturated rings. The van der Waals surface area contributed by atoms with E-state index < -0.39 is 29.6 Å². The summed E-state index contributed by atoms with van der Waals surface area (Å²) in [7, 11) is 0. The first-order valence-electron chi connectivity index (χ1n) is 12.2. The van der Waals surface area contributed by atoms with Gasteiger partial charge in [-0.3, -0.25) is 4.79 Å². The van der Waals surface area contributed by atoms with Gasteiger partial charge in [-0.05, 0) is 64.0 Å². The predicted molar refractivity (Wildman–Crippen MR) is 133 cm³/mol. The summed E-state index contributed by atoms with van der Waals surface area (Å²) in [4.78, 5) is 47.6. The van der Waals surface area contributed by atoms with Gasteiger partial charge in [0.2, 0.25) is 5.91 Å². The summed E-state index contributed by atoms with van der Waals surface area (Å²) in [5.41, 5.74) is 8.87. The molecule has 4 rings (SSSR count). The lowest BCUT2D eigenvalue weighted by Gasteiger charge is -2.15. The van der Waals surface area contributed by atoms with E-state index in [1.54, 1.807) is 0 Å². The number of benzene rings is 1. The number of carbonyl (C=O) groups excluding carboxylic acids is 2. The van der Waals surface area contributed by atoms with Crippen molar-refractivity contribution in [1.82, 2.24) is 10.6 Å². The fraction of sp³-hybridized carbons (Fsp3) is 0.462. The molecule has 1 aliphatic carbocycles. The van der Waals surface area contributed by atoms with Crippen LogP contribution in [0, 0.1) is 13.8 Å². The molecule has 10 nitrogen and oxygen atoms in total. The smallest absolute Gasteiger partial charge is 0.339 e. The van der Waals surface area contributed by atoms with Gasteiger partial charge < -0.3 is 30.3 Å². The molecule has 192 valence electrons. The van der Waals surface area contributed by atoms with E-state index in [0.29, 0.717) is 17.6 Å². The highest BCUT2D eigenvalue weighted by molar-refractivity contribution is 6.00. The summed E-state index contributed by atoms with van der Waals surface area (Å²) in [5, 5.41) is 16.1. The minimum absolute atomic E-state index is 0.0667. The summed E-state index contributed by atoms with van der Waals surface area (Å²) < 4.78 is 11.8. The fourth-order valence-electron chi connectivity index (χ4n) is 4.99. The normalized spacial score (nSPS) is 13.9. The zero-order valence-electron chi connectivity index (χ0n) is 20.5. The van der Waals surface area contributed by atoms with Crippen LogP contribution in [-0.4, -0.2) is 35.6 Å². The lowest BCUT2D eigenvalue weighted by molar-refractivity contribution is -0.142. The van der Waals surface area contributed by atoms with Crippen molar-refractivity contribution >= 4 is 39.8 Å². The molecule has 0 saturated heterocycles. The number of aliphatic carboxylic acids is 1. The van der Waals surface area contributed by atoms with Crippen molar-refractivity contribution in [1.29, 1.82) is 0 Å². The Labute approximate surface area is 207 Å². The van der Waals surface area contributed by atoms with Crippen LogP contribution in [0.15, 0.2) is 19.7 Å². The quantitative estimate of drug-likeness (QED) is 0.261. The van der Waals surface area contributed by atoms with Gasteiger partial charge in [-0.1, -0.05) is 0 Å². The fourth-order valence-corrected chi connectivity index (χ4v) is 4.99. The number of nitrogens with one attached hydrogen (secondary N) is 2. The molecule has 0 saturated carbocycles. The maximum atomic E-state index is 12.8. The first-order chi connectivity index (χ1) is 17.2. The summed E-state index contributed by atoms with van der Waals surface area (Å²) >= 11 is 0. The topological polar surface area (TPSA) is 165 Å². The van der Waals surface area contributed by atoms with E-state index in [-0.39, 0.29) is 25.8 Å². The van der Waals surface area contributed by atoms with Crippen LogP contribution >= 0.6 is 0 Å². The first-order valence-corrected chi connectivity index (χ1v) is 12.2. The van der Waals surface area contributed by atoms with Crippen molar-refractivity contribution in [2.45, 2.75) is 71.3 Å². The van der Waals surface area contributed by atoms with Gasteiger partial charge in [-0.2, -0.15) is 0 Å². The molecule has 0 aliphatic heterocycles. The molecule has 0 radical (unpaired) electrons. The Hall–Kier alpha value is -3.82. The van der Waals surface area contributed by atoms with E-state index in [1.807, 2.05) is 19.9 Å². The van der Waals surface area contributed by atoms with E-state index in [2.05, 4.69) is 10.6 Å². The molecule has 5 N–H and O–H groups in total. The monoisotopic (exact) mass is 497 g/mol. The molecular formula is C26H31N3O7. The van der Waals surface area contributed by atoms with Gasteiger partial charge in [-0.25, -0.2) is 14.4 Å². The lowest BCUT2D eigenvalue weighted by Crippen LogP contribution is -2.41. The number of rotatable bonds is 9. The number of hydrogen-bond acceptors (Lipinski definition) is 6. The SMILES string of the molecule is Cc1c(CCC(=O)N[C@@H](CCCNC(N)=O)C(=O)O)c(=O)oc2c(C)c3oc4c(c3cc12)CCCC4. The van der Waals surface area contributed by atoms with Gasteiger partial charge in [0.05, 0.1) is 0 Å². The number of primary amides is 1. The number of carboxylic acids is 1. The van der Waals surface area contributed by atoms with Gasteiger partial charge in [0.1, 0.15) is 23.0 Å². The van der Waals surface area contributed by atoms with Crippen LogP contribution in [0.5, 0.6) is 0 Å².